The molecule has 1 atom stereocenters. The Morgan fingerprint density at radius 3 is 2.93 bits per heavy atom. The Bertz CT molecular complexity index is 443. The Balaban J connectivity index is 2.67. The van der Waals surface area contributed by atoms with Crippen LogP contribution in [0.4, 0.5) is 0 Å². The standard InChI is InChI=1S/C12H16N2/c1-9-7-11-5-3-4-6-14(11)12(9)10(2)8-13/h3-7,10H,8,13H2,1-2H3. The van der Waals surface area contributed by atoms with Crippen molar-refractivity contribution in [3.63, 3.8) is 0 Å². The molecule has 0 saturated carbocycles. The van der Waals surface area contributed by atoms with Crippen LogP contribution in [0.5, 0.6) is 0 Å². The zero-order valence-electron chi connectivity index (χ0n) is 8.70. The molecule has 2 nitrogen and oxygen atoms in total. The molecule has 0 spiro atoms. The lowest BCUT2D eigenvalue weighted by atomic mass is 10.1. The van der Waals surface area contributed by atoms with Crippen molar-refractivity contribution >= 4 is 5.52 Å². The maximum Gasteiger partial charge on any atom is 0.0455 e. The van der Waals surface area contributed by atoms with E-state index in [9.17, 15) is 0 Å². The highest BCUT2D eigenvalue weighted by Crippen LogP contribution is 2.22. The van der Waals surface area contributed by atoms with Gasteiger partial charge in [-0.3, -0.25) is 0 Å². The first-order valence-corrected chi connectivity index (χ1v) is 5.00. The van der Waals surface area contributed by atoms with Crippen molar-refractivity contribution in [1.82, 2.24) is 4.40 Å². The molecule has 0 bridgehead atoms. The fourth-order valence-electron chi connectivity index (χ4n) is 2.02. The topological polar surface area (TPSA) is 30.4 Å². The van der Waals surface area contributed by atoms with Gasteiger partial charge in [0.15, 0.2) is 0 Å². The molecular formula is C12H16N2. The maximum absolute atomic E-state index is 5.71. The second-order valence-corrected chi connectivity index (χ2v) is 3.84. The quantitative estimate of drug-likeness (QED) is 0.770. The first kappa shape index (κ1) is 9.28. The second-order valence-electron chi connectivity index (χ2n) is 3.84. The highest BCUT2D eigenvalue weighted by molar-refractivity contribution is 5.53. The van der Waals surface area contributed by atoms with Crippen molar-refractivity contribution in [3.05, 3.63) is 41.7 Å². The fourth-order valence-corrected chi connectivity index (χ4v) is 2.02. The molecule has 1 unspecified atom stereocenters. The third-order valence-corrected chi connectivity index (χ3v) is 2.74. The second kappa shape index (κ2) is 3.46. The lowest BCUT2D eigenvalue weighted by Crippen LogP contribution is -2.11. The molecule has 2 heterocycles. The van der Waals surface area contributed by atoms with Crippen LogP contribution in [-0.2, 0) is 0 Å². The number of pyridine rings is 1. The number of nitrogens with two attached hydrogens (primary N) is 1. The molecule has 14 heavy (non-hydrogen) atoms. The summed E-state index contributed by atoms with van der Waals surface area (Å²) in [7, 11) is 0. The molecule has 2 aromatic heterocycles. The average molecular weight is 188 g/mol. The summed E-state index contributed by atoms with van der Waals surface area (Å²) in [5, 5.41) is 0. The van der Waals surface area contributed by atoms with E-state index in [4.69, 9.17) is 5.73 Å². The van der Waals surface area contributed by atoms with E-state index >= 15 is 0 Å². The van der Waals surface area contributed by atoms with E-state index < -0.39 is 0 Å². The van der Waals surface area contributed by atoms with E-state index in [0.717, 1.165) is 0 Å². The summed E-state index contributed by atoms with van der Waals surface area (Å²) in [5.41, 5.74) is 9.62. The molecule has 2 heteroatoms. The van der Waals surface area contributed by atoms with Gasteiger partial charge in [-0.05, 0) is 30.7 Å². The number of hydrogen-bond donors (Lipinski definition) is 1. The van der Waals surface area contributed by atoms with Gasteiger partial charge < -0.3 is 10.1 Å². The van der Waals surface area contributed by atoms with Crippen LogP contribution < -0.4 is 5.73 Å². The minimum atomic E-state index is 0.417. The summed E-state index contributed by atoms with van der Waals surface area (Å²) >= 11 is 0. The Morgan fingerprint density at radius 2 is 2.21 bits per heavy atom. The minimum Gasteiger partial charge on any atom is -0.330 e. The molecule has 2 aromatic rings. The largest absolute Gasteiger partial charge is 0.330 e. The molecule has 0 aromatic carbocycles. The molecule has 74 valence electrons. The van der Waals surface area contributed by atoms with Gasteiger partial charge in [0.05, 0.1) is 0 Å². The molecule has 0 aliphatic heterocycles. The number of aryl methyl sites for hydroxylation is 1. The molecular weight excluding hydrogens is 172 g/mol. The number of rotatable bonds is 2. The maximum atomic E-state index is 5.71. The predicted octanol–water partition coefficient (Wildman–Crippen LogP) is 2.31. The molecule has 0 radical (unpaired) electrons. The molecule has 0 saturated heterocycles. The summed E-state index contributed by atoms with van der Waals surface area (Å²) in [6.45, 7) is 5.01. The van der Waals surface area contributed by atoms with Crippen LogP contribution in [0.15, 0.2) is 30.5 Å². The molecule has 0 aliphatic rings. The van der Waals surface area contributed by atoms with Crippen molar-refractivity contribution in [2.75, 3.05) is 6.54 Å². The van der Waals surface area contributed by atoms with E-state index in [2.05, 4.69) is 48.7 Å². The SMILES string of the molecule is Cc1cc2ccccn2c1C(C)CN. The van der Waals surface area contributed by atoms with Crippen molar-refractivity contribution in [1.29, 1.82) is 0 Å². The molecule has 0 aliphatic carbocycles. The van der Waals surface area contributed by atoms with E-state index in [-0.39, 0.29) is 0 Å². The third kappa shape index (κ3) is 1.32. The Kier molecular flexibility index (Phi) is 2.30. The van der Waals surface area contributed by atoms with Gasteiger partial charge in [0, 0.05) is 29.9 Å². The summed E-state index contributed by atoms with van der Waals surface area (Å²) < 4.78 is 2.23. The van der Waals surface area contributed by atoms with Gasteiger partial charge in [0.25, 0.3) is 0 Å². The Morgan fingerprint density at radius 1 is 1.43 bits per heavy atom. The van der Waals surface area contributed by atoms with Gasteiger partial charge in [-0.2, -0.15) is 0 Å². The van der Waals surface area contributed by atoms with Crippen LogP contribution >= 0.6 is 0 Å². The van der Waals surface area contributed by atoms with Gasteiger partial charge in [-0.25, -0.2) is 0 Å². The van der Waals surface area contributed by atoms with Gasteiger partial charge in [-0.1, -0.05) is 13.0 Å². The molecule has 0 fully saturated rings. The van der Waals surface area contributed by atoms with E-state index in [1.165, 1.54) is 16.8 Å². The summed E-state index contributed by atoms with van der Waals surface area (Å²) in [5.74, 6) is 0.417. The smallest absolute Gasteiger partial charge is 0.0455 e. The summed E-state index contributed by atoms with van der Waals surface area (Å²) in [6.07, 6.45) is 2.10. The van der Waals surface area contributed by atoms with Crippen LogP contribution in [0.2, 0.25) is 0 Å². The Labute approximate surface area is 84.3 Å². The van der Waals surface area contributed by atoms with E-state index in [1.54, 1.807) is 0 Å². The van der Waals surface area contributed by atoms with Gasteiger partial charge in [0.2, 0.25) is 0 Å². The van der Waals surface area contributed by atoms with Crippen LogP contribution in [-0.4, -0.2) is 10.9 Å². The van der Waals surface area contributed by atoms with Crippen LogP contribution in [0, 0.1) is 6.92 Å². The third-order valence-electron chi connectivity index (χ3n) is 2.74. The number of aromatic nitrogens is 1. The van der Waals surface area contributed by atoms with Crippen LogP contribution in [0.3, 0.4) is 0 Å². The highest BCUT2D eigenvalue weighted by Gasteiger charge is 2.11. The fraction of sp³-hybridized carbons (Fsp3) is 0.333. The number of fused-ring (bicyclic) bond motifs is 1. The van der Waals surface area contributed by atoms with E-state index in [1.807, 2.05) is 0 Å². The average Bonchev–Trinajstić information content (AvgIpc) is 2.53. The molecule has 0 amide bonds. The van der Waals surface area contributed by atoms with Crippen molar-refractivity contribution in [3.8, 4) is 0 Å². The molecule has 2 N–H and O–H groups in total. The summed E-state index contributed by atoms with van der Waals surface area (Å²) in [6, 6.07) is 8.45. The minimum absolute atomic E-state index is 0.417. The monoisotopic (exact) mass is 188 g/mol. The van der Waals surface area contributed by atoms with Gasteiger partial charge >= 0.3 is 0 Å². The first-order chi connectivity index (χ1) is 6.74. The van der Waals surface area contributed by atoms with E-state index in [0.29, 0.717) is 12.5 Å². The van der Waals surface area contributed by atoms with Crippen molar-refractivity contribution in [2.45, 2.75) is 19.8 Å². The Hall–Kier alpha value is -1.28. The molecule has 2 rings (SSSR count). The lowest BCUT2D eigenvalue weighted by molar-refractivity contribution is 0.731. The normalized spacial score (nSPS) is 13.4. The van der Waals surface area contributed by atoms with Crippen LogP contribution in [0.25, 0.3) is 5.52 Å². The first-order valence-electron chi connectivity index (χ1n) is 5.00. The lowest BCUT2D eigenvalue weighted by Gasteiger charge is -2.10. The predicted molar refractivity (Wildman–Crippen MR) is 59.6 cm³/mol. The zero-order valence-corrected chi connectivity index (χ0v) is 8.70. The highest BCUT2D eigenvalue weighted by atomic mass is 14.9. The zero-order chi connectivity index (χ0) is 10.1. The van der Waals surface area contributed by atoms with Gasteiger partial charge in [0.1, 0.15) is 0 Å². The van der Waals surface area contributed by atoms with Crippen molar-refractivity contribution in [2.24, 2.45) is 5.73 Å². The van der Waals surface area contributed by atoms with Crippen molar-refractivity contribution < 1.29 is 0 Å². The van der Waals surface area contributed by atoms with Gasteiger partial charge in [-0.15, -0.1) is 0 Å². The number of hydrogen-bond acceptors (Lipinski definition) is 1. The number of nitrogens with zero attached hydrogens (tertiary/aromatic N) is 1. The van der Waals surface area contributed by atoms with Crippen LogP contribution in [0.1, 0.15) is 24.1 Å². The summed E-state index contributed by atoms with van der Waals surface area (Å²) in [4.78, 5) is 0.